The van der Waals surface area contributed by atoms with Crippen LogP contribution in [0.15, 0.2) is 76.6 Å². The maximum atomic E-state index is 13.4. The number of nitrogens with zero attached hydrogens (tertiary/aromatic N) is 5. The quantitative estimate of drug-likeness (QED) is 0.410. The van der Waals surface area contributed by atoms with Crippen molar-refractivity contribution in [2.45, 2.75) is 45.6 Å². The Morgan fingerprint density at radius 1 is 0.972 bits per heavy atom. The second-order valence-electron chi connectivity index (χ2n) is 9.22. The molecule has 0 spiro atoms. The van der Waals surface area contributed by atoms with Gasteiger partial charge >= 0.3 is 5.69 Å². The fourth-order valence-electron chi connectivity index (χ4n) is 4.88. The van der Waals surface area contributed by atoms with Crippen molar-refractivity contribution in [1.29, 1.82) is 0 Å². The van der Waals surface area contributed by atoms with Crippen LogP contribution in [0, 0.1) is 0 Å². The summed E-state index contributed by atoms with van der Waals surface area (Å²) in [5.41, 5.74) is 1.77. The average molecular weight is 487 g/mol. The highest BCUT2D eigenvalue weighted by atomic mass is 16.2. The molecule has 9 nitrogen and oxygen atoms in total. The van der Waals surface area contributed by atoms with Crippen molar-refractivity contribution in [2.24, 2.45) is 0 Å². The second-order valence-corrected chi connectivity index (χ2v) is 9.22. The summed E-state index contributed by atoms with van der Waals surface area (Å²) in [5, 5.41) is 3.03. The molecule has 0 aliphatic carbocycles. The lowest BCUT2D eigenvalue weighted by Gasteiger charge is -2.17. The van der Waals surface area contributed by atoms with Gasteiger partial charge in [0.25, 0.3) is 5.56 Å². The van der Waals surface area contributed by atoms with Crippen LogP contribution in [0.4, 0.5) is 0 Å². The lowest BCUT2D eigenvalue weighted by molar-refractivity contribution is -0.122. The summed E-state index contributed by atoms with van der Waals surface area (Å²) >= 11 is 0. The molecule has 1 aliphatic rings. The molecule has 1 saturated heterocycles. The van der Waals surface area contributed by atoms with E-state index in [-0.39, 0.29) is 25.0 Å². The van der Waals surface area contributed by atoms with Crippen LogP contribution in [0.2, 0.25) is 0 Å². The van der Waals surface area contributed by atoms with Crippen LogP contribution in [-0.4, -0.2) is 48.6 Å². The molecule has 0 saturated carbocycles. The summed E-state index contributed by atoms with van der Waals surface area (Å²) in [5.74, 6) is -0.339. The largest absolute Gasteiger partial charge is 0.350 e. The molecule has 36 heavy (non-hydrogen) atoms. The van der Waals surface area contributed by atoms with Gasteiger partial charge < -0.3 is 9.88 Å². The minimum atomic E-state index is -0.537. The van der Waals surface area contributed by atoms with E-state index in [0.29, 0.717) is 17.7 Å². The topological polar surface area (TPSA) is 94.2 Å². The van der Waals surface area contributed by atoms with Crippen molar-refractivity contribution in [3.63, 3.8) is 0 Å². The highest BCUT2D eigenvalue weighted by Crippen LogP contribution is 2.14. The number of rotatable bonds is 8. The number of imidazole rings is 1. The molecule has 0 radical (unpaired) electrons. The first-order valence-electron chi connectivity index (χ1n) is 12.3. The summed E-state index contributed by atoms with van der Waals surface area (Å²) in [7, 11) is 0. The third-order valence-corrected chi connectivity index (χ3v) is 6.70. The molecule has 9 heteroatoms. The van der Waals surface area contributed by atoms with Gasteiger partial charge in [-0.25, -0.2) is 14.3 Å². The summed E-state index contributed by atoms with van der Waals surface area (Å²) in [6, 6.07) is 19.7. The Labute approximate surface area is 208 Å². The lowest BCUT2D eigenvalue weighted by atomic mass is 10.2. The number of hydrogen-bond acceptors (Lipinski definition) is 5. The van der Waals surface area contributed by atoms with E-state index in [1.807, 2.05) is 55.5 Å². The number of fused-ring (bicyclic) bond motifs is 1. The summed E-state index contributed by atoms with van der Waals surface area (Å²) in [6.45, 7) is 4.81. The van der Waals surface area contributed by atoms with Gasteiger partial charge in [-0.2, -0.15) is 0 Å². The van der Waals surface area contributed by atoms with Gasteiger partial charge in [-0.3, -0.25) is 19.1 Å². The lowest BCUT2D eigenvalue weighted by Crippen LogP contribution is -2.46. The molecule has 186 valence electrons. The highest BCUT2D eigenvalue weighted by Gasteiger charge is 2.25. The first kappa shape index (κ1) is 23.7. The highest BCUT2D eigenvalue weighted by molar-refractivity contribution is 5.77. The number of carbonyl (C=O) groups excluding carboxylic acids is 1. The Balaban J connectivity index is 1.36. The van der Waals surface area contributed by atoms with Crippen molar-refractivity contribution < 1.29 is 4.79 Å². The molecule has 2 aromatic carbocycles. The minimum absolute atomic E-state index is 0.0200. The van der Waals surface area contributed by atoms with Crippen molar-refractivity contribution in [1.82, 2.24) is 28.9 Å². The molecule has 1 N–H and O–H groups in total. The number of aromatic nitrogens is 4. The van der Waals surface area contributed by atoms with Gasteiger partial charge in [-0.15, -0.1) is 0 Å². The third kappa shape index (κ3) is 4.87. The Morgan fingerprint density at radius 3 is 2.31 bits per heavy atom. The van der Waals surface area contributed by atoms with Crippen LogP contribution < -0.4 is 16.6 Å². The van der Waals surface area contributed by atoms with E-state index in [9.17, 15) is 14.4 Å². The number of nitrogens with one attached hydrogen (secondary N) is 1. The van der Waals surface area contributed by atoms with E-state index in [1.165, 1.54) is 10.1 Å². The SMILES string of the molecule is CCn1cnc2c1c(=O)n(CC(=O)N[C@@H]1CCN(Cc3ccccc3)C1)c(=O)n2Cc1ccccc1. The van der Waals surface area contributed by atoms with E-state index in [2.05, 4.69) is 27.3 Å². The number of aryl methyl sites for hydroxylation is 1. The second kappa shape index (κ2) is 10.3. The maximum absolute atomic E-state index is 13.4. The maximum Gasteiger partial charge on any atom is 0.333 e. The third-order valence-electron chi connectivity index (χ3n) is 6.70. The van der Waals surface area contributed by atoms with E-state index in [0.717, 1.165) is 36.2 Å². The van der Waals surface area contributed by atoms with Gasteiger partial charge in [0.05, 0.1) is 12.9 Å². The fraction of sp³-hybridized carbons (Fsp3) is 0.333. The predicted molar refractivity (Wildman–Crippen MR) is 138 cm³/mol. The zero-order chi connectivity index (χ0) is 25.1. The molecule has 5 rings (SSSR count). The predicted octanol–water partition coefficient (Wildman–Crippen LogP) is 1.82. The Morgan fingerprint density at radius 2 is 1.64 bits per heavy atom. The van der Waals surface area contributed by atoms with Crippen molar-refractivity contribution in [3.8, 4) is 0 Å². The van der Waals surface area contributed by atoms with Crippen LogP contribution in [0.3, 0.4) is 0 Å². The van der Waals surface area contributed by atoms with Gasteiger partial charge in [0.1, 0.15) is 6.54 Å². The summed E-state index contributed by atoms with van der Waals surface area (Å²) < 4.78 is 4.22. The van der Waals surface area contributed by atoms with E-state index >= 15 is 0 Å². The molecule has 0 bridgehead atoms. The first-order valence-corrected chi connectivity index (χ1v) is 12.3. The van der Waals surface area contributed by atoms with Crippen LogP contribution in [-0.2, 0) is 31.0 Å². The van der Waals surface area contributed by atoms with Crippen molar-refractivity contribution in [2.75, 3.05) is 13.1 Å². The Bertz CT molecular complexity index is 1470. The molecule has 0 unspecified atom stereocenters. The zero-order valence-electron chi connectivity index (χ0n) is 20.3. The molecule has 2 aromatic heterocycles. The standard InChI is InChI=1S/C27H30N6O3/c1-2-31-19-28-25-24(31)26(35)33(27(36)32(25)16-21-11-7-4-8-12-21)18-23(34)29-22-13-14-30(17-22)15-20-9-5-3-6-10-20/h3-12,19,22H,2,13-18H2,1H3,(H,29,34)/t22-/m1/s1. The molecule has 3 heterocycles. The number of likely N-dealkylation sites (tertiary alicyclic amines) is 1. The average Bonchev–Trinajstić information content (AvgIpc) is 3.52. The molecule has 1 aliphatic heterocycles. The van der Waals surface area contributed by atoms with Gasteiger partial charge in [-0.1, -0.05) is 60.7 Å². The minimum Gasteiger partial charge on any atom is -0.350 e. The van der Waals surface area contributed by atoms with Crippen LogP contribution >= 0.6 is 0 Å². The Hall–Kier alpha value is -3.98. The number of hydrogen-bond donors (Lipinski definition) is 1. The number of amides is 1. The fourth-order valence-corrected chi connectivity index (χ4v) is 4.88. The molecule has 1 fully saturated rings. The molecular formula is C27H30N6O3. The Kier molecular flexibility index (Phi) is 6.81. The van der Waals surface area contributed by atoms with Gasteiger partial charge in [0.15, 0.2) is 11.2 Å². The molecule has 1 amide bonds. The van der Waals surface area contributed by atoms with Crippen LogP contribution in [0.25, 0.3) is 11.2 Å². The van der Waals surface area contributed by atoms with E-state index < -0.39 is 11.2 Å². The van der Waals surface area contributed by atoms with Crippen molar-refractivity contribution in [3.05, 3.63) is 99.0 Å². The van der Waals surface area contributed by atoms with Crippen LogP contribution in [0.5, 0.6) is 0 Å². The molecule has 1 atom stereocenters. The van der Waals surface area contributed by atoms with Gasteiger partial charge in [0.2, 0.25) is 5.91 Å². The van der Waals surface area contributed by atoms with Gasteiger partial charge in [0, 0.05) is 32.2 Å². The zero-order valence-corrected chi connectivity index (χ0v) is 20.3. The van der Waals surface area contributed by atoms with Crippen LogP contribution in [0.1, 0.15) is 24.5 Å². The van der Waals surface area contributed by atoms with Crippen molar-refractivity contribution >= 4 is 17.1 Å². The normalized spacial score (nSPS) is 16.0. The monoisotopic (exact) mass is 486 g/mol. The summed E-state index contributed by atoms with van der Waals surface area (Å²) in [6.07, 6.45) is 2.39. The summed E-state index contributed by atoms with van der Waals surface area (Å²) in [4.78, 5) is 46.4. The van der Waals surface area contributed by atoms with Gasteiger partial charge in [-0.05, 0) is 24.5 Å². The van der Waals surface area contributed by atoms with E-state index in [1.54, 1.807) is 10.9 Å². The first-order chi connectivity index (χ1) is 17.5. The molecular weight excluding hydrogens is 456 g/mol. The smallest absolute Gasteiger partial charge is 0.333 e. The number of benzene rings is 2. The molecule has 4 aromatic rings. The number of carbonyl (C=O) groups is 1. The van der Waals surface area contributed by atoms with E-state index in [4.69, 9.17) is 0 Å².